The highest BCUT2D eigenvalue weighted by Gasteiger charge is 1.98. The molecule has 0 saturated carbocycles. The molecule has 0 aliphatic heterocycles. The van der Waals surface area contributed by atoms with Crippen molar-refractivity contribution < 1.29 is 0 Å². The Bertz CT molecular complexity index is 387. The summed E-state index contributed by atoms with van der Waals surface area (Å²) >= 11 is 3.24. The molecule has 0 fully saturated rings. The van der Waals surface area contributed by atoms with Gasteiger partial charge in [0, 0.05) is 22.9 Å². The van der Waals surface area contributed by atoms with Gasteiger partial charge >= 0.3 is 0 Å². The maximum atomic E-state index is 4.39. The van der Waals surface area contributed by atoms with E-state index < -0.39 is 0 Å². The van der Waals surface area contributed by atoms with Crippen LogP contribution in [0.3, 0.4) is 0 Å². The van der Waals surface area contributed by atoms with Crippen LogP contribution in [0, 0.1) is 0 Å². The van der Waals surface area contributed by atoms with Crippen LogP contribution in [0.1, 0.15) is 12.5 Å². The lowest BCUT2D eigenvalue weighted by molar-refractivity contribution is 1.35. The van der Waals surface area contributed by atoms with Gasteiger partial charge in [-0.1, -0.05) is 0 Å². The number of thiophene rings is 1. The van der Waals surface area contributed by atoms with Crippen molar-refractivity contribution in [3.05, 3.63) is 34.0 Å². The van der Waals surface area contributed by atoms with E-state index in [0.29, 0.717) is 0 Å². The van der Waals surface area contributed by atoms with E-state index in [1.165, 1.54) is 5.56 Å². The zero-order valence-electron chi connectivity index (χ0n) is 7.10. The molecule has 0 aromatic carbocycles. The largest absolute Gasteiger partial charge is 0.227 e. The van der Waals surface area contributed by atoms with Crippen LogP contribution in [0.5, 0.6) is 0 Å². The van der Waals surface area contributed by atoms with Gasteiger partial charge in [-0.25, -0.2) is 9.98 Å². The van der Waals surface area contributed by atoms with Crippen molar-refractivity contribution >= 4 is 33.5 Å². The minimum Gasteiger partial charge on any atom is -0.227 e. The number of nitrogens with zero attached hydrogens (tertiary/aromatic N) is 2. The van der Waals surface area contributed by atoms with Gasteiger partial charge in [-0.15, -0.1) is 11.3 Å². The van der Waals surface area contributed by atoms with Crippen LogP contribution in [0.15, 0.2) is 33.4 Å². The number of aliphatic imine (C=N–C) groups is 1. The predicted octanol–water partition coefficient (Wildman–Crippen LogP) is 3.35. The molecule has 0 aliphatic rings. The third-order valence-electron chi connectivity index (χ3n) is 1.62. The SMILES string of the molecule is C/C(=N/c1nccs1)c1ccsc1. The smallest absolute Gasteiger partial charge is 0.209 e. The van der Waals surface area contributed by atoms with Crippen LogP contribution >= 0.6 is 22.7 Å². The Labute approximate surface area is 84.6 Å². The Hall–Kier alpha value is -1.00. The first-order valence-corrected chi connectivity index (χ1v) is 5.66. The summed E-state index contributed by atoms with van der Waals surface area (Å²) in [5, 5.41) is 6.89. The lowest BCUT2D eigenvalue weighted by Gasteiger charge is -1.92. The molecule has 0 amide bonds. The van der Waals surface area contributed by atoms with E-state index in [2.05, 4.69) is 26.8 Å². The van der Waals surface area contributed by atoms with E-state index in [4.69, 9.17) is 0 Å². The molecule has 2 aromatic heterocycles. The summed E-state index contributed by atoms with van der Waals surface area (Å²) in [4.78, 5) is 8.49. The van der Waals surface area contributed by atoms with Gasteiger partial charge in [0.25, 0.3) is 0 Å². The highest BCUT2D eigenvalue weighted by molar-refractivity contribution is 7.13. The van der Waals surface area contributed by atoms with E-state index in [-0.39, 0.29) is 0 Å². The monoisotopic (exact) mass is 208 g/mol. The highest BCUT2D eigenvalue weighted by Crippen LogP contribution is 2.17. The molecule has 0 atom stereocenters. The van der Waals surface area contributed by atoms with E-state index in [1.54, 1.807) is 28.9 Å². The Kier molecular flexibility index (Phi) is 2.52. The molecule has 2 nitrogen and oxygen atoms in total. The molecular formula is C9H8N2S2. The number of thiazole rings is 1. The average Bonchev–Trinajstić information content (AvgIpc) is 2.74. The van der Waals surface area contributed by atoms with Crippen LogP contribution < -0.4 is 0 Å². The first kappa shape index (κ1) is 8.59. The summed E-state index contributed by atoms with van der Waals surface area (Å²) in [7, 11) is 0. The zero-order chi connectivity index (χ0) is 9.10. The van der Waals surface area contributed by atoms with E-state index >= 15 is 0 Å². The molecule has 0 aliphatic carbocycles. The first-order valence-electron chi connectivity index (χ1n) is 3.83. The zero-order valence-corrected chi connectivity index (χ0v) is 8.73. The maximum Gasteiger partial charge on any atom is 0.209 e. The Morgan fingerprint density at radius 2 is 2.38 bits per heavy atom. The Morgan fingerprint density at radius 3 is 3.00 bits per heavy atom. The van der Waals surface area contributed by atoms with Gasteiger partial charge in [-0.05, 0) is 23.8 Å². The van der Waals surface area contributed by atoms with Gasteiger partial charge in [0.05, 0.1) is 0 Å². The molecule has 2 rings (SSSR count). The molecule has 13 heavy (non-hydrogen) atoms. The summed E-state index contributed by atoms with van der Waals surface area (Å²) < 4.78 is 0. The summed E-state index contributed by atoms with van der Waals surface area (Å²) in [5.74, 6) is 0. The minimum absolute atomic E-state index is 0.823. The fourth-order valence-electron chi connectivity index (χ4n) is 0.949. The van der Waals surface area contributed by atoms with Crippen molar-refractivity contribution in [2.75, 3.05) is 0 Å². The Balaban J connectivity index is 2.27. The lowest BCUT2D eigenvalue weighted by atomic mass is 10.2. The summed E-state index contributed by atoms with van der Waals surface area (Å²) in [6.07, 6.45) is 1.77. The van der Waals surface area contributed by atoms with E-state index in [0.717, 1.165) is 10.8 Å². The molecule has 0 spiro atoms. The topological polar surface area (TPSA) is 25.2 Å². The molecule has 2 heterocycles. The second-order valence-corrected chi connectivity index (χ2v) is 4.18. The molecular weight excluding hydrogens is 200 g/mol. The number of hydrogen-bond acceptors (Lipinski definition) is 4. The third-order valence-corrected chi connectivity index (χ3v) is 2.97. The molecule has 66 valence electrons. The molecule has 0 bridgehead atoms. The minimum atomic E-state index is 0.823. The van der Waals surface area contributed by atoms with Crippen molar-refractivity contribution in [3.8, 4) is 0 Å². The van der Waals surface area contributed by atoms with Crippen molar-refractivity contribution in [1.29, 1.82) is 0 Å². The van der Waals surface area contributed by atoms with Crippen molar-refractivity contribution in [1.82, 2.24) is 4.98 Å². The van der Waals surface area contributed by atoms with Gasteiger partial charge in [-0.2, -0.15) is 11.3 Å². The summed E-state index contributed by atoms with van der Waals surface area (Å²) in [6, 6.07) is 2.07. The molecule has 0 N–H and O–H groups in total. The van der Waals surface area contributed by atoms with Gasteiger partial charge in [-0.3, -0.25) is 0 Å². The summed E-state index contributed by atoms with van der Waals surface area (Å²) in [6.45, 7) is 2.00. The van der Waals surface area contributed by atoms with Crippen molar-refractivity contribution in [2.24, 2.45) is 4.99 Å². The van der Waals surface area contributed by atoms with Crippen LogP contribution in [0.2, 0.25) is 0 Å². The quantitative estimate of drug-likeness (QED) is 0.695. The average molecular weight is 208 g/mol. The fraction of sp³-hybridized carbons (Fsp3) is 0.111. The van der Waals surface area contributed by atoms with Gasteiger partial charge in [0.1, 0.15) is 0 Å². The normalized spacial score (nSPS) is 11.9. The van der Waals surface area contributed by atoms with E-state index in [1.807, 2.05) is 12.3 Å². The van der Waals surface area contributed by atoms with Crippen LogP contribution in [-0.4, -0.2) is 10.7 Å². The lowest BCUT2D eigenvalue weighted by Crippen LogP contribution is -1.89. The van der Waals surface area contributed by atoms with Crippen molar-refractivity contribution in [2.45, 2.75) is 6.92 Å². The highest BCUT2D eigenvalue weighted by atomic mass is 32.1. The predicted molar refractivity (Wildman–Crippen MR) is 58.3 cm³/mol. The number of aromatic nitrogens is 1. The number of rotatable bonds is 2. The summed E-state index contributed by atoms with van der Waals surface area (Å²) in [5.41, 5.74) is 2.21. The molecule has 4 heteroatoms. The Morgan fingerprint density at radius 1 is 1.46 bits per heavy atom. The molecule has 0 radical (unpaired) electrons. The third kappa shape index (κ3) is 2.02. The molecule has 0 saturated heterocycles. The van der Waals surface area contributed by atoms with Crippen LogP contribution in [-0.2, 0) is 0 Å². The van der Waals surface area contributed by atoms with E-state index in [9.17, 15) is 0 Å². The van der Waals surface area contributed by atoms with Gasteiger partial charge < -0.3 is 0 Å². The van der Waals surface area contributed by atoms with Crippen LogP contribution in [0.25, 0.3) is 0 Å². The second kappa shape index (κ2) is 3.81. The second-order valence-electron chi connectivity index (χ2n) is 2.52. The standard InChI is InChI=1S/C9H8N2S2/c1-7(8-2-4-12-6-8)11-9-10-3-5-13-9/h2-6H,1H3/b11-7-. The van der Waals surface area contributed by atoms with Crippen LogP contribution in [0.4, 0.5) is 5.13 Å². The van der Waals surface area contributed by atoms with Crippen molar-refractivity contribution in [3.63, 3.8) is 0 Å². The molecule has 2 aromatic rings. The van der Waals surface area contributed by atoms with Gasteiger partial charge in [0.15, 0.2) is 0 Å². The maximum absolute atomic E-state index is 4.39. The molecule has 0 unspecified atom stereocenters. The van der Waals surface area contributed by atoms with Gasteiger partial charge in [0.2, 0.25) is 5.13 Å². The first-order chi connectivity index (χ1) is 6.36. The number of hydrogen-bond donors (Lipinski definition) is 0. The fourth-order valence-corrected chi connectivity index (χ4v) is 2.20.